The second-order valence-corrected chi connectivity index (χ2v) is 7.64. The molecule has 1 heterocycles. The topological polar surface area (TPSA) is 79.3 Å². The Bertz CT molecular complexity index is 742. The molecule has 0 unspecified atom stereocenters. The summed E-state index contributed by atoms with van der Waals surface area (Å²) in [6, 6.07) is 7.19. The highest BCUT2D eigenvalue weighted by molar-refractivity contribution is 6.35. The molecule has 1 aromatic carbocycles. The molecule has 1 aromatic rings. The van der Waals surface area contributed by atoms with Crippen molar-refractivity contribution < 1.29 is 24.2 Å². The van der Waals surface area contributed by atoms with Crippen LogP contribution in [0, 0.1) is 0 Å². The number of likely N-dealkylation sites (N-methyl/N-ethyl adjacent to an activating group) is 1. The Kier molecular flexibility index (Phi) is 9.33. The van der Waals surface area contributed by atoms with Gasteiger partial charge in [-0.1, -0.05) is 25.5 Å². The van der Waals surface area contributed by atoms with Gasteiger partial charge in [0, 0.05) is 33.4 Å². The van der Waals surface area contributed by atoms with Gasteiger partial charge in [-0.05, 0) is 44.4 Å². The lowest BCUT2D eigenvalue weighted by molar-refractivity contribution is -0.137. The van der Waals surface area contributed by atoms with Gasteiger partial charge >= 0.3 is 0 Å². The van der Waals surface area contributed by atoms with Gasteiger partial charge < -0.3 is 19.5 Å². The number of carbonyl (C=O) groups is 2. The third-order valence-electron chi connectivity index (χ3n) is 4.79. The number of imide groups is 1. The highest BCUT2D eigenvalue weighted by Gasteiger charge is 2.40. The molecule has 30 heavy (non-hydrogen) atoms. The Hall–Kier alpha value is -2.38. The zero-order valence-electron chi connectivity index (χ0n) is 18.5. The maximum atomic E-state index is 13.2. The average Bonchev–Trinajstić information content (AvgIpc) is 2.95. The quantitative estimate of drug-likeness (QED) is 0.392. The van der Waals surface area contributed by atoms with Crippen molar-refractivity contribution in [2.45, 2.75) is 46.1 Å². The lowest BCUT2D eigenvalue weighted by atomic mass is 10.0. The zero-order valence-corrected chi connectivity index (χ0v) is 18.5. The van der Waals surface area contributed by atoms with E-state index in [1.54, 1.807) is 36.2 Å². The largest absolute Gasteiger partial charge is 0.491 e. The van der Waals surface area contributed by atoms with Crippen molar-refractivity contribution in [2.24, 2.45) is 0 Å². The maximum Gasteiger partial charge on any atom is 0.277 e. The number of nitrogens with zero attached hydrogens (tertiary/aromatic N) is 2. The normalized spacial score (nSPS) is 14.3. The highest BCUT2D eigenvalue weighted by atomic mass is 16.5. The third kappa shape index (κ3) is 6.06. The van der Waals surface area contributed by atoms with Crippen molar-refractivity contribution in [1.29, 1.82) is 0 Å². The number of hydrogen-bond acceptors (Lipinski definition) is 6. The van der Waals surface area contributed by atoms with Crippen LogP contribution in [-0.2, 0) is 14.3 Å². The minimum Gasteiger partial charge on any atom is -0.491 e. The second kappa shape index (κ2) is 11.7. The van der Waals surface area contributed by atoms with E-state index in [1.165, 1.54) is 4.90 Å². The van der Waals surface area contributed by atoms with E-state index in [4.69, 9.17) is 9.47 Å². The first-order valence-electron chi connectivity index (χ1n) is 10.7. The minimum absolute atomic E-state index is 0.0473. The number of aliphatic hydroxyl groups excluding tert-OH is 1. The minimum atomic E-state index is -0.331. The van der Waals surface area contributed by atoms with Gasteiger partial charge in [-0.3, -0.25) is 14.5 Å². The monoisotopic (exact) mass is 418 g/mol. The first-order chi connectivity index (χ1) is 14.4. The molecular formula is C23H34N2O5. The molecule has 0 atom stereocenters. The molecule has 0 radical (unpaired) electrons. The third-order valence-corrected chi connectivity index (χ3v) is 4.79. The maximum absolute atomic E-state index is 13.2. The molecule has 0 saturated carbocycles. The number of ether oxygens (including phenoxy) is 2. The van der Waals surface area contributed by atoms with Gasteiger partial charge in [0.2, 0.25) is 0 Å². The van der Waals surface area contributed by atoms with E-state index in [9.17, 15) is 14.7 Å². The summed E-state index contributed by atoms with van der Waals surface area (Å²) in [5.41, 5.74) is 1.34. The summed E-state index contributed by atoms with van der Waals surface area (Å²) in [6.07, 6.45) is 2.70. The molecule has 1 aliphatic rings. The van der Waals surface area contributed by atoms with Crippen LogP contribution in [0.2, 0.25) is 0 Å². The molecule has 0 fully saturated rings. The van der Waals surface area contributed by atoms with Gasteiger partial charge in [0.05, 0.1) is 18.3 Å². The smallest absolute Gasteiger partial charge is 0.277 e. The molecule has 2 rings (SSSR count). The predicted octanol–water partition coefficient (Wildman–Crippen LogP) is 2.68. The lowest BCUT2D eigenvalue weighted by Crippen LogP contribution is -2.36. The van der Waals surface area contributed by atoms with Crippen LogP contribution < -0.4 is 4.74 Å². The SMILES string of the molecule is CCCCOCCCN1C(=O)C(c2ccc(OC(C)C)cc2)=C(N(C)CCO)C1=O. The van der Waals surface area contributed by atoms with Crippen molar-refractivity contribution in [3.8, 4) is 5.75 Å². The Balaban J connectivity index is 2.20. The van der Waals surface area contributed by atoms with Gasteiger partial charge in [-0.2, -0.15) is 0 Å². The Morgan fingerprint density at radius 2 is 1.73 bits per heavy atom. The summed E-state index contributed by atoms with van der Waals surface area (Å²) in [5.74, 6) is 0.0605. The van der Waals surface area contributed by atoms with Crippen LogP contribution >= 0.6 is 0 Å². The zero-order chi connectivity index (χ0) is 22.1. The van der Waals surface area contributed by atoms with Crippen molar-refractivity contribution in [2.75, 3.05) is 40.0 Å². The van der Waals surface area contributed by atoms with E-state index in [0.717, 1.165) is 12.8 Å². The number of amides is 2. The Labute approximate surface area is 179 Å². The number of carbonyl (C=O) groups excluding carboxylic acids is 2. The predicted molar refractivity (Wildman–Crippen MR) is 116 cm³/mol. The molecule has 7 heteroatoms. The van der Waals surface area contributed by atoms with Gasteiger partial charge in [0.15, 0.2) is 0 Å². The molecule has 0 spiro atoms. The standard InChI is InChI=1S/C23H34N2O5/c1-5-6-15-29-16-7-12-25-22(27)20(21(23(25)28)24(4)13-14-26)18-8-10-19(11-9-18)30-17(2)3/h8-11,17,26H,5-7,12-16H2,1-4H3. The van der Waals surface area contributed by atoms with Crippen molar-refractivity contribution in [3.05, 3.63) is 35.5 Å². The summed E-state index contributed by atoms with van der Waals surface area (Å²) in [6.45, 7) is 7.65. The van der Waals surface area contributed by atoms with E-state index < -0.39 is 0 Å². The molecule has 0 aromatic heterocycles. The van der Waals surface area contributed by atoms with Crippen LogP contribution in [0.15, 0.2) is 30.0 Å². The molecule has 7 nitrogen and oxygen atoms in total. The number of hydrogen-bond donors (Lipinski definition) is 1. The van der Waals surface area contributed by atoms with Crippen LogP contribution in [0.4, 0.5) is 0 Å². The number of aliphatic hydroxyl groups is 1. The molecular weight excluding hydrogens is 384 g/mol. The van der Waals surface area contributed by atoms with Gasteiger partial charge in [0.25, 0.3) is 11.8 Å². The van der Waals surface area contributed by atoms with E-state index in [0.29, 0.717) is 48.8 Å². The van der Waals surface area contributed by atoms with Crippen LogP contribution in [-0.4, -0.2) is 72.8 Å². The summed E-state index contributed by atoms with van der Waals surface area (Å²) < 4.78 is 11.2. The van der Waals surface area contributed by atoms with Crippen LogP contribution in [0.25, 0.3) is 5.57 Å². The van der Waals surface area contributed by atoms with Crippen molar-refractivity contribution >= 4 is 17.4 Å². The molecule has 0 saturated heterocycles. The van der Waals surface area contributed by atoms with E-state index in [-0.39, 0.29) is 31.1 Å². The first-order valence-corrected chi connectivity index (χ1v) is 10.7. The highest BCUT2D eigenvalue weighted by Crippen LogP contribution is 2.32. The summed E-state index contributed by atoms with van der Waals surface area (Å²) in [4.78, 5) is 29.1. The van der Waals surface area contributed by atoms with E-state index in [1.807, 2.05) is 13.8 Å². The fraction of sp³-hybridized carbons (Fsp3) is 0.565. The van der Waals surface area contributed by atoms with Crippen molar-refractivity contribution in [3.63, 3.8) is 0 Å². The van der Waals surface area contributed by atoms with E-state index >= 15 is 0 Å². The summed E-state index contributed by atoms with van der Waals surface area (Å²) in [7, 11) is 1.71. The van der Waals surface area contributed by atoms with Gasteiger partial charge in [-0.15, -0.1) is 0 Å². The Morgan fingerprint density at radius 3 is 2.33 bits per heavy atom. The van der Waals surface area contributed by atoms with Crippen LogP contribution in [0.1, 0.15) is 45.6 Å². The molecule has 0 aliphatic carbocycles. The van der Waals surface area contributed by atoms with Gasteiger partial charge in [-0.25, -0.2) is 0 Å². The van der Waals surface area contributed by atoms with Crippen LogP contribution in [0.3, 0.4) is 0 Å². The van der Waals surface area contributed by atoms with Crippen LogP contribution in [0.5, 0.6) is 5.75 Å². The number of benzene rings is 1. The average molecular weight is 419 g/mol. The molecule has 0 bridgehead atoms. The Morgan fingerprint density at radius 1 is 1.07 bits per heavy atom. The number of unbranched alkanes of at least 4 members (excludes halogenated alkanes) is 1. The fourth-order valence-corrected chi connectivity index (χ4v) is 3.29. The first kappa shape index (κ1) is 23.9. The molecule has 166 valence electrons. The van der Waals surface area contributed by atoms with Gasteiger partial charge in [0.1, 0.15) is 11.4 Å². The number of rotatable bonds is 13. The van der Waals surface area contributed by atoms with Crippen molar-refractivity contribution in [1.82, 2.24) is 9.80 Å². The summed E-state index contributed by atoms with van der Waals surface area (Å²) >= 11 is 0. The lowest BCUT2D eigenvalue weighted by Gasteiger charge is -2.20. The second-order valence-electron chi connectivity index (χ2n) is 7.64. The molecule has 2 amide bonds. The fourth-order valence-electron chi connectivity index (χ4n) is 3.29. The summed E-state index contributed by atoms with van der Waals surface area (Å²) in [5, 5.41) is 9.33. The molecule has 1 aliphatic heterocycles. The van der Waals surface area contributed by atoms with E-state index in [2.05, 4.69) is 6.92 Å². The molecule has 1 N–H and O–H groups in total.